The quantitative estimate of drug-likeness (QED) is 0.0310. The summed E-state index contributed by atoms with van der Waals surface area (Å²) >= 11 is 0. The molecule has 3 aromatic rings. The van der Waals surface area contributed by atoms with Crippen molar-refractivity contribution in [1.29, 1.82) is 0 Å². The molecular weight excluding hydrogens is 615 g/mol. The number of aryl methyl sites for hydroxylation is 2. The van der Waals surface area contributed by atoms with E-state index < -0.39 is 6.36 Å². The van der Waals surface area contributed by atoms with Crippen molar-refractivity contribution >= 4 is 18.2 Å². The fourth-order valence-electron chi connectivity index (χ4n) is 4.78. The first-order valence-corrected chi connectivity index (χ1v) is 16.2. The van der Waals surface area contributed by atoms with Crippen molar-refractivity contribution in [3.05, 3.63) is 125 Å². The number of hydrogen-bond acceptors (Lipinski definition) is 6. The average Bonchev–Trinajstić information content (AvgIpc) is 3.90. The molecule has 1 heterocycles. The SMILES string of the molecule is CCCc1ccncc1/C=C(\C)CNC.O=C/C=C\N=C(c1ccccc1)N(CC=C1CC1)NCCCc1ccc(OC(F)(F)F)cc1. The standard InChI is InChI=1S/C25H26F3N3O2.C13H20N2/c26-25(27,28)33-23-13-11-20(12-14-23)6-4-17-30-31(18-15-21-9-10-21)24(29-16-5-19-32)22-7-2-1-3-8-22;1-4-5-12-6-7-15-10-13(12)8-11(2)9-14-3/h1-3,5,7-8,11-16,19,30H,4,6,9-10,17-18H2;6-8,10,14H,4-5,9H2,1-3H3/b16-5-,29-24?;11-8+. The Labute approximate surface area is 282 Å². The van der Waals surface area contributed by atoms with E-state index in [4.69, 9.17) is 0 Å². The van der Waals surface area contributed by atoms with Gasteiger partial charge in [0.15, 0.2) is 0 Å². The molecule has 0 radical (unpaired) electrons. The summed E-state index contributed by atoms with van der Waals surface area (Å²) in [4.78, 5) is 19.4. The third kappa shape index (κ3) is 14.9. The Morgan fingerprint density at radius 1 is 1.06 bits per heavy atom. The van der Waals surface area contributed by atoms with E-state index in [1.54, 1.807) is 12.1 Å². The van der Waals surface area contributed by atoms with Gasteiger partial charge in [0.25, 0.3) is 0 Å². The lowest BCUT2D eigenvalue weighted by Gasteiger charge is -2.26. The van der Waals surface area contributed by atoms with Gasteiger partial charge in [0, 0.05) is 37.2 Å². The predicted octanol–water partition coefficient (Wildman–Crippen LogP) is 7.86. The van der Waals surface area contributed by atoms with E-state index in [0.29, 0.717) is 31.6 Å². The summed E-state index contributed by atoms with van der Waals surface area (Å²) in [7, 11) is 1.97. The van der Waals surface area contributed by atoms with Gasteiger partial charge in [-0.1, -0.05) is 79.1 Å². The first-order valence-electron chi connectivity index (χ1n) is 16.2. The van der Waals surface area contributed by atoms with Gasteiger partial charge in [-0.2, -0.15) is 0 Å². The molecule has 0 bridgehead atoms. The number of nitrogens with zero attached hydrogens (tertiary/aromatic N) is 3. The van der Waals surface area contributed by atoms with Gasteiger partial charge in [0.1, 0.15) is 17.9 Å². The summed E-state index contributed by atoms with van der Waals surface area (Å²) in [5.74, 6) is 0.468. The molecule has 7 nitrogen and oxygen atoms in total. The lowest BCUT2D eigenvalue weighted by Crippen LogP contribution is -2.44. The van der Waals surface area contributed by atoms with Crippen LogP contribution in [0.4, 0.5) is 13.2 Å². The smallest absolute Gasteiger partial charge is 0.406 e. The number of hydrogen-bond donors (Lipinski definition) is 2. The van der Waals surface area contributed by atoms with Gasteiger partial charge in [-0.05, 0) is 87.0 Å². The second kappa shape index (κ2) is 20.6. The summed E-state index contributed by atoms with van der Waals surface area (Å²) in [6, 6.07) is 17.7. The Hall–Kier alpha value is -4.54. The van der Waals surface area contributed by atoms with Gasteiger partial charge in [0.05, 0.1) is 6.54 Å². The number of benzene rings is 2. The minimum Gasteiger partial charge on any atom is -0.406 e. The molecule has 256 valence electrons. The number of hydrazine groups is 1. The molecule has 0 aliphatic heterocycles. The summed E-state index contributed by atoms with van der Waals surface area (Å²) in [6.45, 7) is 6.53. The zero-order valence-corrected chi connectivity index (χ0v) is 28.0. The number of aromatic nitrogens is 1. The predicted molar refractivity (Wildman–Crippen MR) is 187 cm³/mol. The van der Waals surface area contributed by atoms with E-state index in [0.717, 1.165) is 43.4 Å². The third-order valence-electron chi connectivity index (χ3n) is 7.18. The van der Waals surface area contributed by atoms with Crippen LogP contribution in [-0.2, 0) is 17.6 Å². The lowest BCUT2D eigenvalue weighted by molar-refractivity contribution is -0.274. The van der Waals surface area contributed by atoms with Gasteiger partial charge in [-0.25, -0.2) is 10.4 Å². The van der Waals surface area contributed by atoms with Crippen LogP contribution in [0.3, 0.4) is 0 Å². The van der Waals surface area contributed by atoms with Gasteiger partial charge < -0.3 is 10.1 Å². The summed E-state index contributed by atoms with van der Waals surface area (Å²) in [6.07, 6.45) is 13.0. The molecular formula is C38H46F3N5O2. The van der Waals surface area contributed by atoms with Crippen LogP contribution in [0.2, 0.25) is 0 Å². The van der Waals surface area contributed by atoms with Crippen molar-refractivity contribution < 1.29 is 22.7 Å². The molecule has 1 aliphatic rings. The van der Waals surface area contributed by atoms with Crippen LogP contribution in [0.1, 0.15) is 61.8 Å². The maximum Gasteiger partial charge on any atom is 0.573 e. The van der Waals surface area contributed by atoms with Crippen LogP contribution in [-0.4, -0.2) is 55.2 Å². The molecule has 1 fully saturated rings. The third-order valence-corrected chi connectivity index (χ3v) is 7.18. The normalized spacial score (nSPS) is 13.2. The number of allylic oxidation sites excluding steroid dienone is 2. The number of nitrogens with one attached hydrogen (secondary N) is 2. The highest BCUT2D eigenvalue weighted by atomic mass is 19.4. The van der Waals surface area contributed by atoms with Crippen molar-refractivity contribution in [1.82, 2.24) is 20.7 Å². The number of amidine groups is 1. The number of ether oxygens (including phenoxy) is 1. The molecule has 1 aliphatic carbocycles. The second-order valence-electron chi connectivity index (χ2n) is 11.3. The topological polar surface area (TPSA) is 78.9 Å². The maximum atomic E-state index is 12.3. The molecule has 0 atom stereocenters. The molecule has 2 aromatic carbocycles. The Kier molecular flexibility index (Phi) is 16.3. The number of halogens is 3. The van der Waals surface area contributed by atoms with E-state index in [1.165, 1.54) is 53.1 Å². The Bertz CT molecular complexity index is 1510. The Balaban J connectivity index is 0.000000348. The molecule has 10 heteroatoms. The van der Waals surface area contributed by atoms with Crippen LogP contribution < -0.4 is 15.5 Å². The minimum absolute atomic E-state index is 0.226. The van der Waals surface area contributed by atoms with E-state index >= 15 is 0 Å². The number of likely N-dealkylation sites (N-methyl/N-ethyl adjacent to an activating group) is 1. The molecule has 0 unspecified atom stereocenters. The Morgan fingerprint density at radius 3 is 2.46 bits per heavy atom. The molecule has 0 amide bonds. The van der Waals surface area contributed by atoms with Crippen molar-refractivity contribution in [3.8, 4) is 5.75 Å². The minimum atomic E-state index is -4.69. The number of aliphatic imine (C=N–C) groups is 1. The summed E-state index contributed by atoms with van der Waals surface area (Å²) in [5.41, 5.74) is 10.6. The molecule has 1 aromatic heterocycles. The highest BCUT2D eigenvalue weighted by Crippen LogP contribution is 2.27. The molecule has 48 heavy (non-hydrogen) atoms. The van der Waals surface area contributed by atoms with E-state index in [9.17, 15) is 18.0 Å². The number of carbonyl (C=O) groups is 1. The first-order chi connectivity index (χ1) is 23.2. The van der Waals surface area contributed by atoms with Gasteiger partial charge in [-0.15, -0.1) is 13.2 Å². The first kappa shape index (κ1) is 37.9. The van der Waals surface area contributed by atoms with Crippen molar-refractivity contribution in [2.24, 2.45) is 4.99 Å². The number of aldehydes is 1. The molecule has 0 spiro atoms. The number of alkyl halides is 3. The number of carbonyl (C=O) groups excluding carboxylic acids is 1. The van der Waals surface area contributed by atoms with Crippen LogP contribution in [0.5, 0.6) is 5.75 Å². The Morgan fingerprint density at radius 2 is 1.81 bits per heavy atom. The largest absolute Gasteiger partial charge is 0.573 e. The number of rotatable bonds is 16. The van der Waals surface area contributed by atoms with Crippen molar-refractivity contribution in [2.45, 2.75) is 58.7 Å². The zero-order valence-electron chi connectivity index (χ0n) is 28.0. The van der Waals surface area contributed by atoms with Crippen molar-refractivity contribution in [3.63, 3.8) is 0 Å². The molecule has 0 saturated heterocycles. The molecule has 4 rings (SSSR count). The fourth-order valence-corrected chi connectivity index (χ4v) is 4.78. The molecule has 2 N–H and O–H groups in total. The zero-order chi connectivity index (χ0) is 34.6. The van der Waals surface area contributed by atoms with Crippen LogP contribution in [0.25, 0.3) is 6.08 Å². The van der Waals surface area contributed by atoms with E-state index in [2.05, 4.69) is 57.5 Å². The lowest BCUT2D eigenvalue weighted by atomic mass is 10.0. The highest BCUT2D eigenvalue weighted by molar-refractivity contribution is 5.99. The van der Waals surface area contributed by atoms with E-state index in [1.807, 2.05) is 54.8 Å². The van der Waals surface area contributed by atoms with Crippen LogP contribution in [0.15, 0.2) is 108 Å². The van der Waals surface area contributed by atoms with Gasteiger partial charge in [-0.3, -0.25) is 14.8 Å². The van der Waals surface area contributed by atoms with Gasteiger partial charge >= 0.3 is 6.36 Å². The monoisotopic (exact) mass is 661 g/mol. The van der Waals surface area contributed by atoms with Gasteiger partial charge in [0.2, 0.25) is 0 Å². The van der Waals surface area contributed by atoms with E-state index in [-0.39, 0.29) is 5.75 Å². The number of pyridine rings is 1. The van der Waals surface area contributed by atoms with Crippen molar-refractivity contribution in [2.75, 3.05) is 26.7 Å². The average molecular weight is 662 g/mol. The van der Waals surface area contributed by atoms with Crippen LogP contribution in [0, 0.1) is 0 Å². The van der Waals surface area contributed by atoms with Crippen LogP contribution >= 0.6 is 0 Å². The second-order valence-corrected chi connectivity index (χ2v) is 11.3. The fraction of sp³-hybridized carbons (Fsp3) is 0.342. The maximum absolute atomic E-state index is 12.3. The summed E-state index contributed by atoms with van der Waals surface area (Å²) in [5, 5.41) is 5.10. The highest BCUT2D eigenvalue weighted by Gasteiger charge is 2.30. The molecule has 1 saturated carbocycles. The summed E-state index contributed by atoms with van der Waals surface area (Å²) < 4.78 is 40.8.